The molecule has 0 saturated heterocycles. The SMILES string of the molecule is CCCS(=O)(=O)Oc1ccc2nc3c(cc2c1CN(C)C)Cn1c-3cc2c(c1=O)COC(=O)C2(CC)OC(=O)CN. The van der Waals surface area contributed by atoms with E-state index in [2.05, 4.69) is 0 Å². The first-order chi connectivity index (χ1) is 19.4. The summed E-state index contributed by atoms with van der Waals surface area (Å²) in [4.78, 5) is 45.7. The molecule has 2 aromatic heterocycles. The van der Waals surface area contributed by atoms with Crippen LogP contribution < -0.4 is 15.5 Å². The van der Waals surface area contributed by atoms with Gasteiger partial charge in [0.1, 0.15) is 12.4 Å². The van der Waals surface area contributed by atoms with Gasteiger partial charge < -0.3 is 28.9 Å². The molecule has 2 N–H and O–H groups in total. The van der Waals surface area contributed by atoms with Crippen molar-refractivity contribution in [3.05, 3.63) is 56.9 Å². The minimum absolute atomic E-state index is 0.0447. The van der Waals surface area contributed by atoms with Gasteiger partial charge in [0.05, 0.1) is 41.3 Å². The van der Waals surface area contributed by atoms with Gasteiger partial charge in [0, 0.05) is 28.6 Å². The van der Waals surface area contributed by atoms with Crippen molar-refractivity contribution >= 4 is 33.0 Å². The summed E-state index contributed by atoms with van der Waals surface area (Å²) in [6.45, 7) is 3.34. The molecule has 0 aliphatic carbocycles. The number of nitrogens with two attached hydrogens (primary N) is 1. The van der Waals surface area contributed by atoms with Crippen molar-refractivity contribution < 1.29 is 31.7 Å². The van der Waals surface area contributed by atoms with Crippen LogP contribution in [0.25, 0.3) is 22.3 Å². The number of benzene rings is 1. The second-order valence-corrected chi connectivity index (χ2v) is 12.1. The van der Waals surface area contributed by atoms with E-state index in [4.69, 9.17) is 24.4 Å². The molecule has 1 unspecified atom stereocenters. The van der Waals surface area contributed by atoms with E-state index >= 15 is 0 Å². The van der Waals surface area contributed by atoms with Gasteiger partial charge in [-0.2, -0.15) is 8.42 Å². The van der Waals surface area contributed by atoms with Crippen LogP contribution in [0.5, 0.6) is 5.75 Å². The average molecular weight is 585 g/mol. The normalized spacial score (nSPS) is 17.7. The molecule has 1 aromatic carbocycles. The summed E-state index contributed by atoms with van der Waals surface area (Å²) >= 11 is 0. The summed E-state index contributed by atoms with van der Waals surface area (Å²) in [7, 11) is -0.0466. The molecule has 5 rings (SSSR count). The number of esters is 2. The van der Waals surface area contributed by atoms with Crippen molar-refractivity contribution in [1.29, 1.82) is 0 Å². The first-order valence-electron chi connectivity index (χ1n) is 13.3. The molecule has 0 saturated carbocycles. The molecule has 0 fully saturated rings. The number of nitrogens with zero attached hydrogens (tertiary/aromatic N) is 3. The van der Waals surface area contributed by atoms with E-state index in [0.29, 0.717) is 40.8 Å². The van der Waals surface area contributed by atoms with E-state index < -0.39 is 34.2 Å². The zero-order valence-electron chi connectivity index (χ0n) is 23.4. The Bertz CT molecular complexity index is 1750. The number of fused-ring (bicyclic) bond motifs is 5. The van der Waals surface area contributed by atoms with Crippen LogP contribution in [0.4, 0.5) is 0 Å². The van der Waals surface area contributed by atoms with Gasteiger partial charge >= 0.3 is 22.1 Å². The lowest BCUT2D eigenvalue weighted by Gasteiger charge is -2.35. The van der Waals surface area contributed by atoms with Gasteiger partial charge in [0.2, 0.25) is 5.60 Å². The molecule has 1 atom stereocenters. The van der Waals surface area contributed by atoms with Crippen molar-refractivity contribution in [3.63, 3.8) is 0 Å². The highest BCUT2D eigenvalue weighted by Gasteiger charge is 2.50. The van der Waals surface area contributed by atoms with Gasteiger partial charge in [0.15, 0.2) is 0 Å². The number of pyridine rings is 2. The Balaban J connectivity index is 1.69. The summed E-state index contributed by atoms with van der Waals surface area (Å²) < 4.78 is 42.9. The lowest BCUT2D eigenvalue weighted by Crippen LogP contribution is -2.48. The van der Waals surface area contributed by atoms with Gasteiger partial charge in [-0.05, 0) is 51.2 Å². The molecule has 0 radical (unpaired) electrons. The van der Waals surface area contributed by atoms with Gasteiger partial charge in [-0.3, -0.25) is 9.59 Å². The van der Waals surface area contributed by atoms with E-state index in [1.54, 1.807) is 36.6 Å². The zero-order valence-corrected chi connectivity index (χ0v) is 24.2. The highest BCUT2D eigenvalue weighted by Crippen LogP contribution is 2.41. The molecule has 2 aliphatic heterocycles. The monoisotopic (exact) mass is 584 g/mol. The van der Waals surface area contributed by atoms with Crippen LogP contribution >= 0.6 is 0 Å². The maximum atomic E-state index is 13.7. The average Bonchev–Trinajstić information content (AvgIpc) is 3.28. The summed E-state index contributed by atoms with van der Waals surface area (Å²) in [5, 5.41) is 0.700. The molecule has 13 heteroatoms. The van der Waals surface area contributed by atoms with E-state index in [1.807, 2.05) is 25.1 Å². The third-order valence-corrected chi connectivity index (χ3v) is 8.67. The van der Waals surface area contributed by atoms with Crippen molar-refractivity contribution in [2.45, 2.75) is 52.0 Å². The molecule has 0 amide bonds. The summed E-state index contributed by atoms with van der Waals surface area (Å²) in [6.07, 6.45) is 0.468. The van der Waals surface area contributed by atoms with E-state index in [9.17, 15) is 22.8 Å². The van der Waals surface area contributed by atoms with Crippen LogP contribution in [0.2, 0.25) is 0 Å². The van der Waals surface area contributed by atoms with Gasteiger partial charge in [-0.25, -0.2) is 9.78 Å². The highest BCUT2D eigenvalue weighted by molar-refractivity contribution is 7.87. The lowest BCUT2D eigenvalue weighted by molar-refractivity contribution is -0.188. The molecule has 0 spiro atoms. The maximum absolute atomic E-state index is 13.7. The minimum Gasteiger partial charge on any atom is -0.457 e. The fourth-order valence-corrected chi connectivity index (χ4v) is 6.48. The van der Waals surface area contributed by atoms with Crippen molar-refractivity contribution in [2.24, 2.45) is 5.73 Å². The van der Waals surface area contributed by atoms with Gasteiger partial charge in [-0.1, -0.05) is 13.8 Å². The van der Waals surface area contributed by atoms with Crippen LogP contribution in [0.3, 0.4) is 0 Å². The molecule has 3 aromatic rings. The van der Waals surface area contributed by atoms with Crippen molar-refractivity contribution in [3.8, 4) is 17.1 Å². The van der Waals surface area contributed by atoms with Crippen LogP contribution in [-0.4, -0.2) is 61.2 Å². The number of hydrogen-bond donors (Lipinski definition) is 1. The third kappa shape index (κ3) is 4.87. The predicted octanol–water partition coefficient (Wildman–Crippen LogP) is 1.77. The highest BCUT2D eigenvalue weighted by atomic mass is 32.2. The number of ether oxygens (including phenoxy) is 2. The lowest BCUT2D eigenvalue weighted by atomic mass is 9.85. The van der Waals surface area contributed by atoms with Crippen LogP contribution in [-0.2, 0) is 54.5 Å². The van der Waals surface area contributed by atoms with Gasteiger partial charge in [-0.15, -0.1) is 0 Å². The molecule has 2 aliphatic rings. The summed E-state index contributed by atoms with van der Waals surface area (Å²) in [6, 6.07) is 6.84. The van der Waals surface area contributed by atoms with Crippen molar-refractivity contribution in [1.82, 2.24) is 14.5 Å². The minimum atomic E-state index is -3.78. The molecular formula is C28H32N4O8S. The molecule has 218 valence electrons. The number of carbonyl (C=O) groups is 2. The molecular weight excluding hydrogens is 552 g/mol. The Labute approximate surface area is 237 Å². The Hall–Kier alpha value is -3.81. The predicted molar refractivity (Wildman–Crippen MR) is 150 cm³/mol. The zero-order chi connectivity index (χ0) is 29.7. The first kappa shape index (κ1) is 28.7. The number of cyclic esters (lactones) is 1. The smallest absolute Gasteiger partial charge is 0.355 e. The summed E-state index contributed by atoms with van der Waals surface area (Å²) in [5.74, 6) is -1.44. The first-order valence-corrected chi connectivity index (χ1v) is 14.9. The summed E-state index contributed by atoms with van der Waals surface area (Å²) in [5.41, 5.74) is 6.75. The van der Waals surface area contributed by atoms with E-state index in [0.717, 1.165) is 5.56 Å². The molecule has 0 bridgehead atoms. The quantitative estimate of drug-likeness (QED) is 0.226. The van der Waals surface area contributed by atoms with Crippen LogP contribution in [0.1, 0.15) is 48.9 Å². The topological polar surface area (TPSA) is 160 Å². The molecule has 41 heavy (non-hydrogen) atoms. The van der Waals surface area contributed by atoms with Crippen LogP contribution in [0, 0.1) is 0 Å². The Kier molecular flexibility index (Phi) is 7.38. The number of rotatable bonds is 9. The molecule has 4 heterocycles. The molecule has 12 nitrogen and oxygen atoms in total. The second kappa shape index (κ2) is 10.5. The fraction of sp³-hybridized carbons (Fsp3) is 0.429. The maximum Gasteiger partial charge on any atom is 0.355 e. The number of carbonyl (C=O) groups excluding carboxylic acids is 2. The third-order valence-electron chi connectivity index (χ3n) is 7.33. The van der Waals surface area contributed by atoms with Crippen LogP contribution in [0.15, 0.2) is 29.1 Å². The fourth-order valence-electron chi connectivity index (χ4n) is 5.47. The van der Waals surface area contributed by atoms with E-state index in [-0.39, 0.29) is 47.8 Å². The van der Waals surface area contributed by atoms with E-state index in [1.165, 1.54) is 0 Å². The second-order valence-electron chi connectivity index (χ2n) is 10.4. The standard InChI is InChI=1S/C28H32N4O8S/c1-5-9-41(36,37)40-23-8-7-21-17(18(23)14-31(3)4)10-16-13-32-22(25(16)30-21)11-20-19(26(32)34)15-38-27(35)28(20,6-2)39-24(33)12-29/h7-8,10-11H,5-6,9,12-15,29H2,1-4H3. The Morgan fingerprint density at radius 1 is 1.22 bits per heavy atom. The Morgan fingerprint density at radius 2 is 1.98 bits per heavy atom. The Morgan fingerprint density at radius 3 is 2.63 bits per heavy atom. The largest absolute Gasteiger partial charge is 0.457 e. The number of hydrogen-bond acceptors (Lipinski definition) is 11. The number of aromatic nitrogens is 2. The van der Waals surface area contributed by atoms with Gasteiger partial charge in [0.25, 0.3) is 5.56 Å². The van der Waals surface area contributed by atoms with Crippen molar-refractivity contribution in [2.75, 3.05) is 26.4 Å².